The van der Waals surface area contributed by atoms with Crippen molar-refractivity contribution < 1.29 is 52.7 Å². The number of carbonyl (C=O) groups excluding carboxylic acids is 6. The molecule has 5 atom stereocenters. The fourth-order valence-corrected chi connectivity index (χ4v) is 6.52. The normalized spacial score (nSPS) is 14.1. The Labute approximate surface area is 332 Å². The molecule has 0 aliphatic carbocycles. The SMILES string of the molecule is CC(=O)N(CCCCCCCCc1ccccc1)CC(=O)N[C@@H](CC(C)C)C(=O)N[C@@H](Cc1cnc[nH]1)C(=O)N[C@@H](CO)C(=O)N[C@H](C(N)=O)[C@@H](C)OP(=O)(O)O. The van der Waals surface area contributed by atoms with Crippen LogP contribution in [0.5, 0.6) is 0 Å². The molecule has 0 saturated carbocycles. The lowest BCUT2D eigenvalue weighted by molar-refractivity contribution is -0.137. The Morgan fingerprint density at radius 1 is 0.860 bits per heavy atom. The number of imidazole rings is 1. The Bertz CT molecular complexity index is 1620. The van der Waals surface area contributed by atoms with Gasteiger partial charge in [-0.25, -0.2) is 9.55 Å². The number of aliphatic hydroxyl groups is 1. The number of aliphatic hydroxyl groups excluding tert-OH is 1. The molecule has 2 aromatic rings. The largest absolute Gasteiger partial charge is 0.469 e. The van der Waals surface area contributed by atoms with E-state index in [2.05, 4.69) is 47.9 Å². The van der Waals surface area contributed by atoms with Gasteiger partial charge < -0.3 is 51.8 Å². The zero-order valence-corrected chi connectivity index (χ0v) is 33.9. The molecule has 0 saturated heterocycles. The number of nitrogens with two attached hydrogens (primary N) is 1. The van der Waals surface area contributed by atoms with Gasteiger partial charge >= 0.3 is 7.82 Å². The number of rotatable bonds is 27. The first-order valence-electron chi connectivity index (χ1n) is 19.0. The Morgan fingerprint density at radius 2 is 1.46 bits per heavy atom. The van der Waals surface area contributed by atoms with Gasteiger partial charge in [0.15, 0.2) is 0 Å². The summed E-state index contributed by atoms with van der Waals surface area (Å²) in [5, 5.41) is 19.6. The summed E-state index contributed by atoms with van der Waals surface area (Å²) in [6.45, 7) is 5.21. The number of benzene rings is 1. The molecule has 0 bridgehead atoms. The lowest BCUT2D eigenvalue weighted by Crippen LogP contribution is -2.60. The first-order chi connectivity index (χ1) is 26.9. The van der Waals surface area contributed by atoms with Crippen LogP contribution in [0.25, 0.3) is 0 Å². The van der Waals surface area contributed by atoms with E-state index < -0.39 is 74.2 Å². The number of unbranched alkanes of at least 4 members (excludes halogenated alkanes) is 5. The predicted molar refractivity (Wildman–Crippen MR) is 208 cm³/mol. The quantitative estimate of drug-likeness (QED) is 0.0436. The zero-order chi connectivity index (χ0) is 42.5. The molecule has 20 heteroatoms. The van der Waals surface area contributed by atoms with Crippen LogP contribution in [0.15, 0.2) is 42.9 Å². The number of phosphoric ester groups is 1. The molecule has 0 aliphatic heterocycles. The lowest BCUT2D eigenvalue weighted by Gasteiger charge is -2.27. The Kier molecular flexibility index (Phi) is 21.1. The third-order valence-corrected chi connectivity index (χ3v) is 9.54. The van der Waals surface area contributed by atoms with Crippen molar-refractivity contribution in [1.82, 2.24) is 36.1 Å². The van der Waals surface area contributed by atoms with Crippen LogP contribution in [0.3, 0.4) is 0 Å². The average molecular weight is 823 g/mol. The van der Waals surface area contributed by atoms with Gasteiger partial charge in [0.2, 0.25) is 35.4 Å². The molecule has 0 radical (unpaired) electrons. The van der Waals surface area contributed by atoms with Crippen LogP contribution in [0, 0.1) is 5.92 Å². The molecule has 10 N–H and O–H groups in total. The molecule has 57 heavy (non-hydrogen) atoms. The molecule has 1 heterocycles. The van der Waals surface area contributed by atoms with Crippen LogP contribution in [0.1, 0.15) is 83.9 Å². The number of phosphoric acid groups is 1. The maximum Gasteiger partial charge on any atom is 0.469 e. The number of primary amides is 1. The zero-order valence-electron chi connectivity index (χ0n) is 33.0. The molecule has 0 spiro atoms. The Morgan fingerprint density at radius 3 is 2.02 bits per heavy atom. The van der Waals surface area contributed by atoms with Crippen LogP contribution >= 0.6 is 7.82 Å². The fraction of sp³-hybridized carbons (Fsp3) is 0.595. The molecular weight excluding hydrogens is 763 g/mol. The highest BCUT2D eigenvalue weighted by Gasteiger charge is 2.35. The van der Waals surface area contributed by atoms with Crippen molar-refractivity contribution >= 4 is 43.3 Å². The minimum atomic E-state index is -5.09. The number of aryl methyl sites for hydroxylation is 1. The van der Waals surface area contributed by atoms with Crippen molar-refractivity contribution in [3.05, 3.63) is 54.1 Å². The summed E-state index contributed by atoms with van der Waals surface area (Å²) in [6, 6.07) is 4.32. The van der Waals surface area contributed by atoms with E-state index in [4.69, 9.17) is 15.5 Å². The van der Waals surface area contributed by atoms with Gasteiger partial charge in [-0.05, 0) is 44.1 Å². The van der Waals surface area contributed by atoms with Gasteiger partial charge in [-0.1, -0.05) is 69.9 Å². The van der Waals surface area contributed by atoms with Gasteiger partial charge in [-0.15, -0.1) is 0 Å². The smallest absolute Gasteiger partial charge is 0.394 e. The molecule has 0 fully saturated rings. The van der Waals surface area contributed by atoms with Gasteiger partial charge in [0.05, 0.1) is 25.6 Å². The third kappa shape index (κ3) is 19.4. The number of hydrogen-bond donors (Lipinski definition) is 9. The molecule has 318 valence electrons. The minimum Gasteiger partial charge on any atom is -0.394 e. The Balaban J connectivity index is 2.04. The number of aromatic amines is 1. The number of hydrogen-bond acceptors (Lipinski definition) is 10. The maximum absolute atomic E-state index is 13.7. The number of nitrogens with zero attached hydrogens (tertiary/aromatic N) is 2. The predicted octanol–water partition coefficient (Wildman–Crippen LogP) is 0.345. The van der Waals surface area contributed by atoms with Gasteiger partial charge in [0.25, 0.3) is 0 Å². The summed E-state index contributed by atoms with van der Waals surface area (Å²) in [7, 11) is -5.09. The van der Waals surface area contributed by atoms with Gasteiger partial charge in [-0.3, -0.25) is 33.3 Å². The first kappa shape index (κ1) is 48.5. The minimum absolute atomic E-state index is 0.0878. The van der Waals surface area contributed by atoms with Crippen molar-refractivity contribution in [1.29, 1.82) is 0 Å². The summed E-state index contributed by atoms with van der Waals surface area (Å²) in [5.74, 6) is -5.00. The number of amides is 6. The topological polar surface area (TPSA) is 295 Å². The van der Waals surface area contributed by atoms with Gasteiger partial charge in [-0.2, -0.15) is 0 Å². The van der Waals surface area contributed by atoms with E-state index in [0.717, 1.165) is 45.4 Å². The maximum atomic E-state index is 13.7. The molecular formula is C37H59N8O11P. The highest BCUT2D eigenvalue weighted by molar-refractivity contribution is 7.46. The van der Waals surface area contributed by atoms with Gasteiger partial charge in [0, 0.05) is 31.8 Å². The first-order valence-corrected chi connectivity index (χ1v) is 20.5. The van der Waals surface area contributed by atoms with Crippen molar-refractivity contribution in [2.75, 3.05) is 19.7 Å². The van der Waals surface area contributed by atoms with E-state index in [1.54, 1.807) is 0 Å². The van der Waals surface area contributed by atoms with E-state index >= 15 is 0 Å². The van der Waals surface area contributed by atoms with Crippen LogP contribution in [-0.4, -0.2) is 115 Å². The van der Waals surface area contributed by atoms with E-state index in [9.17, 15) is 38.4 Å². The molecule has 1 aromatic heterocycles. The second kappa shape index (κ2) is 24.8. The molecule has 0 aliphatic rings. The number of H-pyrrole nitrogens is 1. The summed E-state index contributed by atoms with van der Waals surface area (Å²) < 4.78 is 15.7. The number of carbonyl (C=O) groups is 6. The van der Waals surface area contributed by atoms with Crippen LogP contribution < -0.4 is 27.0 Å². The molecule has 19 nitrogen and oxygen atoms in total. The van der Waals surface area contributed by atoms with Crippen LogP contribution in [0.2, 0.25) is 0 Å². The van der Waals surface area contributed by atoms with Crippen molar-refractivity contribution in [2.24, 2.45) is 11.7 Å². The highest BCUT2D eigenvalue weighted by atomic mass is 31.2. The van der Waals surface area contributed by atoms with Crippen molar-refractivity contribution in [2.45, 2.75) is 116 Å². The monoisotopic (exact) mass is 822 g/mol. The van der Waals surface area contributed by atoms with Crippen molar-refractivity contribution in [3.63, 3.8) is 0 Å². The second-order valence-corrected chi connectivity index (χ2v) is 15.5. The van der Waals surface area contributed by atoms with E-state index in [-0.39, 0.29) is 31.2 Å². The van der Waals surface area contributed by atoms with E-state index in [0.29, 0.717) is 18.7 Å². The molecule has 0 unspecified atom stereocenters. The number of nitrogens with one attached hydrogen (secondary N) is 5. The van der Waals surface area contributed by atoms with Crippen LogP contribution in [-0.2, 0) is 50.7 Å². The summed E-state index contributed by atoms with van der Waals surface area (Å²) in [5.41, 5.74) is 7.01. The Hall–Kier alpha value is -4.68. The highest BCUT2D eigenvalue weighted by Crippen LogP contribution is 2.38. The summed E-state index contributed by atoms with van der Waals surface area (Å²) in [4.78, 5) is 104. The molecule has 6 amide bonds. The van der Waals surface area contributed by atoms with Crippen molar-refractivity contribution in [3.8, 4) is 0 Å². The summed E-state index contributed by atoms with van der Waals surface area (Å²) >= 11 is 0. The average Bonchev–Trinajstić information content (AvgIpc) is 3.65. The molecule has 2 rings (SSSR count). The number of aromatic nitrogens is 2. The standard InChI is InChI=1S/C37H59N8O11P/c1-24(2)18-29(41-32(48)21-45(26(4)47)17-13-8-6-5-7-10-14-27-15-11-9-12-16-27)35(50)42-30(19-28-20-39-23-40-28)36(51)43-31(22-46)37(52)44-33(34(38)49)25(3)56-57(53,54)55/h9,11-12,15-16,20,23-25,29-31,33,46H,5-8,10,13-14,17-19,21-22H2,1-4H3,(H2,38,49)(H,39,40)(H,41,48)(H,42,50)(H,43,51)(H,44,52)(H2,53,54,55)/t25-,29+,30+,31+,33+/m1/s1. The molecule has 1 aromatic carbocycles. The fourth-order valence-electron chi connectivity index (χ4n) is 5.96. The third-order valence-electron chi connectivity index (χ3n) is 8.93. The van der Waals surface area contributed by atoms with Gasteiger partial charge in [0.1, 0.15) is 24.2 Å². The lowest BCUT2D eigenvalue weighted by atomic mass is 10.0. The van der Waals surface area contributed by atoms with E-state index in [1.165, 1.54) is 29.9 Å². The summed E-state index contributed by atoms with van der Waals surface area (Å²) in [6.07, 6.45) is 8.06. The second-order valence-electron chi connectivity index (χ2n) is 14.3. The van der Waals surface area contributed by atoms with Crippen LogP contribution in [0.4, 0.5) is 0 Å². The van der Waals surface area contributed by atoms with E-state index in [1.807, 2.05) is 32.0 Å².